The van der Waals surface area contributed by atoms with Crippen LogP contribution in [0.3, 0.4) is 0 Å². The lowest BCUT2D eigenvalue weighted by atomic mass is 9.99. The molecule has 0 aromatic heterocycles. The molecule has 1 heterocycles. The van der Waals surface area contributed by atoms with Gasteiger partial charge >= 0.3 is 5.97 Å². The molecule has 0 aliphatic carbocycles. The lowest BCUT2D eigenvalue weighted by Gasteiger charge is -2.20. The maximum atomic E-state index is 11.8. The summed E-state index contributed by atoms with van der Waals surface area (Å²) in [6.45, 7) is 3.64. The number of carboxylic acids is 1. The predicted octanol–water partition coefficient (Wildman–Crippen LogP) is 0.522. The van der Waals surface area contributed by atoms with Crippen molar-refractivity contribution >= 4 is 33.5 Å². The number of nitrogens with one attached hydrogen (secondary N) is 1. The Morgan fingerprint density at radius 3 is 2.55 bits per heavy atom. The second-order valence-electron chi connectivity index (χ2n) is 5.11. The number of carboxylic acid groups (broad SMARTS) is 1. The van der Waals surface area contributed by atoms with Crippen LogP contribution in [-0.4, -0.2) is 54.0 Å². The quantitative estimate of drug-likeness (QED) is 0.708. The minimum absolute atomic E-state index is 0.0578. The van der Waals surface area contributed by atoms with Gasteiger partial charge in [-0.25, -0.2) is 13.2 Å². The molecule has 0 radical (unpaired) electrons. The van der Waals surface area contributed by atoms with Crippen LogP contribution in [-0.2, 0) is 19.4 Å². The topological polar surface area (TPSA) is 101 Å². The molecule has 3 atom stereocenters. The summed E-state index contributed by atoms with van der Waals surface area (Å²) in [4.78, 5) is 22.8. The number of hydrogen-bond acceptors (Lipinski definition) is 5. The van der Waals surface area contributed by atoms with Gasteiger partial charge in [-0.1, -0.05) is 20.3 Å². The third-order valence-corrected chi connectivity index (χ3v) is 6.72. The van der Waals surface area contributed by atoms with E-state index in [-0.39, 0.29) is 34.3 Å². The van der Waals surface area contributed by atoms with Gasteiger partial charge in [0.15, 0.2) is 9.84 Å². The van der Waals surface area contributed by atoms with Crippen molar-refractivity contribution in [1.82, 2.24) is 5.32 Å². The van der Waals surface area contributed by atoms with E-state index in [0.717, 1.165) is 0 Å². The maximum Gasteiger partial charge on any atom is 0.326 e. The third-order valence-electron chi connectivity index (χ3n) is 3.44. The lowest BCUT2D eigenvalue weighted by Crippen LogP contribution is -2.45. The normalized spacial score (nSPS) is 24.0. The van der Waals surface area contributed by atoms with Gasteiger partial charge in [0.05, 0.1) is 17.3 Å². The zero-order valence-corrected chi connectivity index (χ0v) is 13.3. The second-order valence-corrected chi connectivity index (χ2v) is 8.62. The van der Waals surface area contributed by atoms with Gasteiger partial charge in [0.2, 0.25) is 5.91 Å². The number of thioether (sulfide) groups is 1. The minimum atomic E-state index is -2.94. The summed E-state index contributed by atoms with van der Waals surface area (Å²) >= 11 is 1.28. The van der Waals surface area contributed by atoms with E-state index >= 15 is 0 Å². The first-order valence-electron chi connectivity index (χ1n) is 6.59. The molecule has 116 valence electrons. The molecular weight excluding hydrogens is 302 g/mol. The molecule has 0 aromatic carbocycles. The lowest BCUT2D eigenvalue weighted by molar-refractivity contribution is -0.143. The van der Waals surface area contributed by atoms with Gasteiger partial charge in [-0.3, -0.25) is 4.79 Å². The molecule has 0 bridgehead atoms. The standard InChI is InChI=1S/C12H21NO5S2/c1-3-8(2)11(12(15)16)13-10(14)6-19-9-4-5-20(17,18)7-9/h8-9,11H,3-7H2,1-2H3,(H,13,14)(H,15,16). The van der Waals surface area contributed by atoms with Crippen LogP contribution in [0.25, 0.3) is 0 Å². The number of rotatable bonds is 7. The molecule has 0 aromatic rings. The summed E-state index contributed by atoms with van der Waals surface area (Å²) in [7, 11) is -2.94. The highest BCUT2D eigenvalue weighted by molar-refractivity contribution is 8.02. The maximum absolute atomic E-state index is 11.8. The van der Waals surface area contributed by atoms with E-state index in [4.69, 9.17) is 5.11 Å². The van der Waals surface area contributed by atoms with Crippen molar-refractivity contribution in [3.05, 3.63) is 0 Å². The molecule has 0 saturated carbocycles. The molecule has 1 aliphatic heterocycles. The highest BCUT2D eigenvalue weighted by atomic mass is 32.2. The Bertz CT molecular complexity index is 462. The van der Waals surface area contributed by atoms with E-state index in [9.17, 15) is 18.0 Å². The van der Waals surface area contributed by atoms with Crippen LogP contribution in [0.4, 0.5) is 0 Å². The van der Waals surface area contributed by atoms with Gasteiger partial charge in [0.25, 0.3) is 0 Å². The Kier molecular flexibility index (Phi) is 6.32. The first kappa shape index (κ1) is 17.3. The van der Waals surface area contributed by atoms with Crippen LogP contribution in [0.2, 0.25) is 0 Å². The Morgan fingerprint density at radius 2 is 2.10 bits per heavy atom. The molecule has 2 N–H and O–H groups in total. The predicted molar refractivity (Wildman–Crippen MR) is 78.5 cm³/mol. The highest BCUT2D eigenvalue weighted by Gasteiger charge is 2.29. The molecule has 20 heavy (non-hydrogen) atoms. The summed E-state index contributed by atoms with van der Waals surface area (Å²) in [5.41, 5.74) is 0. The van der Waals surface area contributed by atoms with Gasteiger partial charge in [0, 0.05) is 5.25 Å². The van der Waals surface area contributed by atoms with Crippen LogP contribution in [0.5, 0.6) is 0 Å². The second kappa shape index (κ2) is 7.31. The van der Waals surface area contributed by atoms with Gasteiger partial charge in [-0.2, -0.15) is 0 Å². The fourth-order valence-corrected chi connectivity index (χ4v) is 5.44. The van der Waals surface area contributed by atoms with Crippen LogP contribution in [0.15, 0.2) is 0 Å². The SMILES string of the molecule is CCC(C)C(NC(=O)CSC1CCS(=O)(=O)C1)C(=O)O. The van der Waals surface area contributed by atoms with E-state index in [2.05, 4.69) is 5.32 Å². The van der Waals surface area contributed by atoms with Crippen molar-refractivity contribution in [3.63, 3.8) is 0 Å². The third kappa shape index (κ3) is 5.32. The molecule has 1 aliphatic rings. The molecular formula is C12H21NO5S2. The van der Waals surface area contributed by atoms with Gasteiger partial charge in [-0.15, -0.1) is 11.8 Å². The largest absolute Gasteiger partial charge is 0.480 e. The summed E-state index contributed by atoms with van der Waals surface area (Å²) in [5.74, 6) is -1.16. The van der Waals surface area contributed by atoms with E-state index in [1.807, 2.05) is 6.92 Å². The van der Waals surface area contributed by atoms with Crippen molar-refractivity contribution in [2.45, 2.75) is 38.0 Å². The molecule has 6 nitrogen and oxygen atoms in total. The zero-order chi connectivity index (χ0) is 15.3. The van der Waals surface area contributed by atoms with Crippen LogP contribution < -0.4 is 5.32 Å². The molecule has 0 spiro atoms. The van der Waals surface area contributed by atoms with Gasteiger partial charge in [-0.05, 0) is 12.3 Å². The van der Waals surface area contributed by atoms with Gasteiger partial charge < -0.3 is 10.4 Å². The van der Waals surface area contributed by atoms with Crippen molar-refractivity contribution in [1.29, 1.82) is 0 Å². The molecule has 1 amide bonds. The number of sulfone groups is 1. The van der Waals surface area contributed by atoms with Crippen LogP contribution in [0.1, 0.15) is 26.7 Å². The molecule has 3 unspecified atom stereocenters. The van der Waals surface area contributed by atoms with Crippen molar-refractivity contribution in [2.75, 3.05) is 17.3 Å². The number of aliphatic carboxylic acids is 1. The number of carbonyl (C=O) groups is 2. The Morgan fingerprint density at radius 1 is 1.45 bits per heavy atom. The summed E-state index contributed by atoms with van der Waals surface area (Å²) in [6, 6.07) is -0.889. The first-order valence-corrected chi connectivity index (χ1v) is 9.46. The molecule has 1 rings (SSSR count). The zero-order valence-electron chi connectivity index (χ0n) is 11.7. The Hall–Kier alpha value is -0.760. The minimum Gasteiger partial charge on any atom is -0.480 e. The van der Waals surface area contributed by atoms with E-state index < -0.39 is 21.8 Å². The van der Waals surface area contributed by atoms with Crippen LogP contribution in [0, 0.1) is 5.92 Å². The summed E-state index contributed by atoms with van der Waals surface area (Å²) < 4.78 is 22.6. The monoisotopic (exact) mass is 323 g/mol. The van der Waals surface area contributed by atoms with Crippen molar-refractivity contribution < 1.29 is 23.1 Å². The molecule has 8 heteroatoms. The fraction of sp³-hybridized carbons (Fsp3) is 0.833. The average molecular weight is 323 g/mol. The van der Waals surface area contributed by atoms with Crippen molar-refractivity contribution in [3.8, 4) is 0 Å². The van der Waals surface area contributed by atoms with Gasteiger partial charge in [0.1, 0.15) is 6.04 Å². The van der Waals surface area contributed by atoms with E-state index in [1.54, 1.807) is 6.92 Å². The average Bonchev–Trinajstić information content (AvgIpc) is 2.72. The van der Waals surface area contributed by atoms with Crippen molar-refractivity contribution in [2.24, 2.45) is 5.92 Å². The highest BCUT2D eigenvalue weighted by Crippen LogP contribution is 2.24. The Balaban J connectivity index is 2.41. The Labute approximate surface area is 123 Å². The summed E-state index contributed by atoms with van der Waals surface area (Å²) in [5, 5.41) is 11.5. The fourth-order valence-electron chi connectivity index (χ4n) is 1.98. The number of amides is 1. The smallest absolute Gasteiger partial charge is 0.326 e. The summed E-state index contributed by atoms with van der Waals surface area (Å²) in [6.07, 6.45) is 1.22. The van der Waals surface area contributed by atoms with E-state index in [0.29, 0.717) is 12.8 Å². The van der Waals surface area contributed by atoms with E-state index in [1.165, 1.54) is 11.8 Å². The van der Waals surface area contributed by atoms with Crippen LogP contribution >= 0.6 is 11.8 Å². The first-order chi connectivity index (χ1) is 9.25. The number of carbonyl (C=O) groups excluding carboxylic acids is 1. The molecule has 1 saturated heterocycles. The number of hydrogen-bond donors (Lipinski definition) is 2. The molecule has 1 fully saturated rings.